The Morgan fingerprint density at radius 2 is 1.97 bits per heavy atom. The normalized spacial score (nSPS) is 16.0. The number of anilines is 2. The van der Waals surface area contributed by atoms with Crippen molar-refractivity contribution in [3.63, 3.8) is 0 Å². The highest BCUT2D eigenvalue weighted by atomic mass is 19.4. The van der Waals surface area contributed by atoms with Crippen molar-refractivity contribution >= 4 is 23.5 Å². The highest BCUT2D eigenvalue weighted by Gasteiger charge is 2.40. The second-order valence-electron chi connectivity index (χ2n) is 6.39. The van der Waals surface area contributed by atoms with Gasteiger partial charge in [-0.1, -0.05) is 12.1 Å². The quantitative estimate of drug-likeness (QED) is 0.751. The molecule has 1 aromatic heterocycles. The van der Waals surface area contributed by atoms with E-state index in [0.29, 0.717) is 5.56 Å². The van der Waals surface area contributed by atoms with Crippen LogP contribution in [0.4, 0.5) is 33.9 Å². The number of pyridine rings is 1. The highest BCUT2D eigenvalue weighted by molar-refractivity contribution is 5.96. The molecule has 0 saturated heterocycles. The minimum absolute atomic E-state index is 0.0319. The summed E-state index contributed by atoms with van der Waals surface area (Å²) >= 11 is 0. The third-order valence-electron chi connectivity index (χ3n) is 4.21. The maximum absolute atomic E-state index is 13.1. The molecule has 2 heterocycles. The van der Waals surface area contributed by atoms with E-state index in [1.807, 2.05) is 0 Å². The first-order valence-electron chi connectivity index (χ1n) is 8.37. The smallest absolute Gasteiger partial charge is 0.471 e. The predicted octanol–water partition coefficient (Wildman–Crippen LogP) is 3.58. The summed E-state index contributed by atoms with van der Waals surface area (Å²) in [5.74, 6) is -3.37. The van der Waals surface area contributed by atoms with E-state index in [9.17, 15) is 32.3 Å². The summed E-state index contributed by atoms with van der Waals surface area (Å²) in [6.07, 6.45) is -6.47. The molecule has 2 aromatic rings. The SMILES string of the molecule is C[C@H]1COc2nc(NC(=O)C(F)(F)F)c(Cc3ccc(F)cc3)cc2N1C(=O)O. The molecular formula is C18H15F4N3O4. The van der Waals surface area contributed by atoms with Crippen LogP contribution in [0.2, 0.25) is 0 Å². The van der Waals surface area contributed by atoms with Gasteiger partial charge in [0.2, 0.25) is 5.88 Å². The van der Waals surface area contributed by atoms with Crippen LogP contribution in [-0.2, 0) is 11.2 Å². The summed E-state index contributed by atoms with van der Waals surface area (Å²) in [7, 11) is 0. The number of hydrogen-bond donors (Lipinski definition) is 2. The number of rotatable bonds is 3. The van der Waals surface area contributed by atoms with E-state index >= 15 is 0 Å². The standard InChI is InChI=1S/C18H15F4N3O4/c1-9-8-29-15-13(25(9)17(27)28)7-11(6-10-2-4-12(19)5-3-10)14(23-15)24-16(26)18(20,21)22/h2-5,7,9H,6,8H2,1H3,(H,27,28)(H,23,24,26)/t9-/m0/s1. The van der Waals surface area contributed by atoms with Gasteiger partial charge in [-0.2, -0.15) is 18.2 Å². The lowest BCUT2D eigenvalue weighted by molar-refractivity contribution is -0.167. The van der Waals surface area contributed by atoms with Crippen molar-refractivity contribution in [2.45, 2.75) is 25.6 Å². The first-order valence-corrected chi connectivity index (χ1v) is 8.37. The zero-order chi connectivity index (χ0) is 21.3. The summed E-state index contributed by atoms with van der Waals surface area (Å²) in [5.41, 5.74) is 0.664. The maximum Gasteiger partial charge on any atom is 0.471 e. The van der Waals surface area contributed by atoms with Crippen molar-refractivity contribution in [3.8, 4) is 5.88 Å². The molecule has 0 saturated carbocycles. The van der Waals surface area contributed by atoms with Gasteiger partial charge in [-0.15, -0.1) is 0 Å². The number of ether oxygens (including phenoxy) is 1. The molecule has 1 aliphatic heterocycles. The summed E-state index contributed by atoms with van der Waals surface area (Å²) in [4.78, 5) is 27.9. The van der Waals surface area contributed by atoms with Crippen LogP contribution in [0.1, 0.15) is 18.1 Å². The fourth-order valence-corrected chi connectivity index (χ4v) is 2.85. The van der Waals surface area contributed by atoms with Crippen LogP contribution >= 0.6 is 0 Å². The molecule has 1 aliphatic rings. The van der Waals surface area contributed by atoms with Crippen molar-refractivity contribution in [2.75, 3.05) is 16.8 Å². The molecule has 7 nitrogen and oxygen atoms in total. The number of fused-ring (bicyclic) bond motifs is 1. The van der Waals surface area contributed by atoms with Gasteiger partial charge in [0.15, 0.2) is 0 Å². The Labute approximate surface area is 161 Å². The van der Waals surface area contributed by atoms with Crippen LogP contribution in [0.15, 0.2) is 30.3 Å². The van der Waals surface area contributed by atoms with Crippen molar-refractivity contribution in [3.05, 3.63) is 47.3 Å². The average Bonchev–Trinajstić information content (AvgIpc) is 2.63. The molecule has 154 valence electrons. The van der Waals surface area contributed by atoms with Gasteiger partial charge >= 0.3 is 18.2 Å². The number of carbonyl (C=O) groups excluding carboxylic acids is 1. The van der Waals surface area contributed by atoms with Crippen molar-refractivity contribution in [1.29, 1.82) is 0 Å². The number of carbonyl (C=O) groups is 2. The zero-order valence-electron chi connectivity index (χ0n) is 15.0. The topological polar surface area (TPSA) is 91.8 Å². The molecule has 0 aliphatic carbocycles. The van der Waals surface area contributed by atoms with Gasteiger partial charge in [0.05, 0.1) is 6.04 Å². The van der Waals surface area contributed by atoms with E-state index in [1.54, 1.807) is 12.2 Å². The molecule has 0 bridgehead atoms. The van der Waals surface area contributed by atoms with Crippen LogP contribution in [0, 0.1) is 5.82 Å². The average molecular weight is 413 g/mol. The molecule has 11 heteroatoms. The molecular weight excluding hydrogens is 398 g/mol. The third-order valence-corrected chi connectivity index (χ3v) is 4.21. The fraction of sp³-hybridized carbons (Fsp3) is 0.278. The molecule has 2 N–H and O–H groups in total. The summed E-state index contributed by atoms with van der Waals surface area (Å²) in [5, 5.41) is 11.2. The molecule has 1 aromatic carbocycles. The molecule has 29 heavy (non-hydrogen) atoms. The van der Waals surface area contributed by atoms with Gasteiger partial charge < -0.3 is 15.2 Å². The monoisotopic (exact) mass is 413 g/mol. The van der Waals surface area contributed by atoms with Crippen LogP contribution in [0.3, 0.4) is 0 Å². The first kappa shape index (κ1) is 20.4. The Kier molecular flexibility index (Phi) is 5.31. The minimum Gasteiger partial charge on any atom is -0.474 e. The summed E-state index contributed by atoms with van der Waals surface area (Å²) in [6, 6.07) is 5.90. The van der Waals surface area contributed by atoms with E-state index in [2.05, 4.69) is 4.98 Å². The molecule has 2 amide bonds. The number of alkyl halides is 3. The highest BCUT2D eigenvalue weighted by Crippen LogP contribution is 2.37. The Bertz CT molecular complexity index is 947. The maximum atomic E-state index is 13.1. The van der Waals surface area contributed by atoms with Gasteiger partial charge in [-0.3, -0.25) is 9.69 Å². The van der Waals surface area contributed by atoms with Crippen molar-refractivity contribution < 1.29 is 37.0 Å². The lowest BCUT2D eigenvalue weighted by Crippen LogP contribution is -2.44. The van der Waals surface area contributed by atoms with Crippen LogP contribution < -0.4 is 15.0 Å². The van der Waals surface area contributed by atoms with Gasteiger partial charge in [0.25, 0.3) is 0 Å². The van der Waals surface area contributed by atoms with Crippen LogP contribution in [0.25, 0.3) is 0 Å². The van der Waals surface area contributed by atoms with Crippen molar-refractivity contribution in [2.24, 2.45) is 0 Å². The first-order chi connectivity index (χ1) is 13.6. The second kappa shape index (κ2) is 7.57. The van der Waals surface area contributed by atoms with E-state index in [4.69, 9.17) is 4.74 Å². The van der Waals surface area contributed by atoms with Crippen molar-refractivity contribution in [1.82, 2.24) is 4.98 Å². The lowest BCUT2D eigenvalue weighted by atomic mass is 10.0. The van der Waals surface area contributed by atoms with E-state index in [0.717, 1.165) is 4.90 Å². The predicted molar refractivity (Wildman–Crippen MR) is 93.6 cm³/mol. The number of amides is 2. The second-order valence-corrected chi connectivity index (χ2v) is 6.39. The summed E-state index contributed by atoms with van der Waals surface area (Å²) < 4.78 is 56.6. The summed E-state index contributed by atoms with van der Waals surface area (Å²) in [6.45, 7) is 1.53. The molecule has 3 rings (SSSR count). The largest absolute Gasteiger partial charge is 0.474 e. The third kappa shape index (κ3) is 4.39. The van der Waals surface area contributed by atoms with Crippen LogP contribution in [-0.4, -0.2) is 40.9 Å². The fourth-order valence-electron chi connectivity index (χ4n) is 2.85. The molecule has 0 spiro atoms. The molecule has 0 unspecified atom stereocenters. The number of aromatic nitrogens is 1. The number of hydrogen-bond acceptors (Lipinski definition) is 4. The Morgan fingerprint density at radius 3 is 2.55 bits per heavy atom. The molecule has 0 radical (unpaired) electrons. The lowest BCUT2D eigenvalue weighted by Gasteiger charge is -2.33. The van der Waals surface area contributed by atoms with Gasteiger partial charge in [-0.25, -0.2) is 9.18 Å². The molecule has 0 fully saturated rings. The van der Waals surface area contributed by atoms with Gasteiger partial charge in [-0.05, 0) is 30.7 Å². The number of nitrogens with one attached hydrogen (secondary N) is 1. The van der Waals surface area contributed by atoms with E-state index in [-0.39, 0.29) is 30.2 Å². The van der Waals surface area contributed by atoms with E-state index < -0.39 is 35.9 Å². The Morgan fingerprint density at radius 1 is 1.31 bits per heavy atom. The molecule has 1 atom stereocenters. The minimum atomic E-state index is -5.15. The Balaban J connectivity index is 2.07. The van der Waals surface area contributed by atoms with Crippen LogP contribution in [0.5, 0.6) is 5.88 Å². The number of benzene rings is 1. The number of carboxylic acid groups (broad SMARTS) is 1. The number of nitrogens with zero attached hydrogens (tertiary/aromatic N) is 2. The van der Waals surface area contributed by atoms with E-state index in [1.165, 1.54) is 30.3 Å². The Hall–Kier alpha value is -3.37. The zero-order valence-corrected chi connectivity index (χ0v) is 15.0. The van der Waals surface area contributed by atoms with Gasteiger partial charge in [0, 0.05) is 12.0 Å². The van der Waals surface area contributed by atoms with Gasteiger partial charge in [0.1, 0.15) is 23.9 Å². The number of halogens is 4.